The molecule has 0 fully saturated rings. The highest BCUT2D eigenvalue weighted by molar-refractivity contribution is 5.78. The highest BCUT2D eigenvalue weighted by Crippen LogP contribution is 2.21. The summed E-state index contributed by atoms with van der Waals surface area (Å²) in [6.45, 7) is 2.11. The molecule has 0 aliphatic carbocycles. The van der Waals surface area contributed by atoms with E-state index in [0.29, 0.717) is 0 Å². The number of pyridine rings is 3. The Bertz CT molecular complexity index is 1110. The molecule has 4 heteroatoms. The van der Waals surface area contributed by atoms with Gasteiger partial charge in [-0.05, 0) is 60.6 Å². The monoisotopic (exact) mass is 368 g/mol. The third kappa shape index (κ3) is 3.76. The molecule has 0 bridgehead atoms. The summed E-state index contributed by atoms with van der Waals surface area (Å²) in [4.78, 5) is 4.09. The number of aromatic nitrogens is 3. The highest BCUT2D eigenvalue weighted by atomic mass is 15.0. The standard InChI is InChI=1S/C24H23N4/c1-18-4-6-23(27(2)16-18)24-7-5-19(17-28(24)3)14-22-15-21(10-13-26-22)20-8-11-25-12-9-20/h4-17H,1-3H3/q+1/p+1. The van der Waals surface area contributed by atoms with Crippen LogP contribution in [0.3, 0.4) is 0 Å². The van der Waals surface area contributed by atoms with E-state index in [0.717, 1.165) is 16.8 Å². The van der Waals surface area contributed by atoms with Gasteiger partial charge in [0.1, 0.15) is 14.1 Å². The average Bonchev–Trinajstić information content (AvgIpc) is 2.70. The van der Waals surface area contributed by atoms with Gasteiger partial charge >= 0.3 is 0 Å². The molecule has 0 atom stereocenters. The van der Waals surface area contributed by atoms with Crippen molar-refractivity contribution >= 4 is 11.6 Å². The van der Waals surface area contributed by atoms with Gasteiger partial charge in [-0.2, -0.15) is 9.13 Å². The largest absolute Gasteiger partial charge is 0.362 e. The second-order valence-corrected chi connectivity index (χ2v) is 7.07. The van der Waals surface area contributed by atoms with E-state index in [9.17, 15) is 0 Å². The number of aryl methyl sites for hydroxylation is 3. The van der Waals surface area contributed by atoms with Gasteiger partial charge < -0.3 is 5.32 Å². The summed E-state index contributed by atoms with van der Waals surface area (Å²) in [6, 6.07) is 12.7. The van der Waals surface area contributed by atoms with Crippen LogP contribution in [-0.2, 0) is 14.1 Å². The lowest BCUT2D eigenvalue weighted by molar-refractivity contribution is -0.690. The molecular formula is C24H24N4+2. The van der Waals surface area contributed by atoms with Crippen molar-refractivity contribution in [3.63, 3.8) is 0 Å². The molecule has 1 N–H and O–H groups in total. The highest BCUT2D eigenvalue weighted by Gasteiger charge is 2.19. The van der Waals surface area contributed by atoms with Crippen LogP contribution in [0.1, 0.15) is 16.7 Å². The molecule has 0 saturated heterocycles. The van der Waals surface area contributed by atoms with Crippen molar-refractivity contribution in [1.82, 2.24) is 10.3 Å². The fraction of sp³-hybridized carbons (Fsp3) is 0.125. The Kier molecular flexibility index (Phi) is 4.85. The van der Waals surface area contributed by atoms with Gasteiger partial charge in [0, 0.05) is 47.6 Å². The summed E-state index contributed by atoms with van der Waals surface area (Å²) in [5, 5.41) is 3.32. The van der Waals surface area contributed by atoms with Gasteiger partial charge in [0.25, 0.3) is 11.4 Å². The van der Waals surface area contributed by atoms with Crippen LogP contribution in [0.4, 0.5) is 0 Å². The Morgan fingerprint density at radius 2 is 1.61 bits per heavy atom. The minimum absolute atomic E-state index is 1.06. The minimum Gasteiger partial charge on any atom is -0.362 e. The van der Waals surface area contributed by atoms with Gasteiger partial charge in [-0.3, -0.25) is 4.98 Å². The molecule has 1 aliphatic heterocycles. The normalized spacial score (nSPS) is 14.7. The number of nitrogens with zero attached hydrogens (tertiary/aromatic N) is 3. The van der Waals surface area contributed by atoms with Crippen LogP contribution in [-0.4, -0.2) is 4.98 Å². The van der Waals surface area contributed by atoms with Crippen LogP contribution in [0.2, 0.25) is 0 Å². The molecule has 0 amide bonds. The summed E-state index contributed by atoms with van der Waals surface area (Å²) in [5.41, 5.74) is 8.14. The van der Waals surface area contributed by atoms with Crippen molar-refractivity contribution in [3.05, 3.63) is 102 Å². The van der Waals surface area contributed by atoms with Gasteiger partial charge in [-0.1, -0.05) is 0 Å². The smallest absolute Gasteiger partial charge is 0.277 e. The molecule has 138 valence electrons. The van der Waals surface area contributed by atoms with Gasteiger partial charge in [0.2, 0.25) is 0 Å². The maximum Gasteiger partial charge on any atom is 0.277 e. The molecule has 1 aliphatic rings. The molecule has 0 aromatic carbocycles. The quantitative estimate of drug-likeness (QED) is 0.720. The second kappa shape index (κ2) is 7.61. The first-order valence-electron chi connectivity index (χ1n) is 9.33. The van der Waals surface area contributed by atoms with Crippen molar-refractivity contribution in [3.8, 4) is 11.4 Å². The number of hydrogen-bond acceptors (Lipinski definition) is 2. The molecule has 0 spiro atoms. The summed E-state index contributed by atoms with van der Waals surface area (Å²) < 4.78 is 4.34. The van der Waals surface area contributed by atoms with E-state index in [4.69, 9.17) is 0 Å². The lowest BCUT2D eigenvalue weighted by Gasteiger charge is -2.11. The van der Waals surface area contributed by atoms with Crippen molar-refractivity contribution < 1.29 is 9.13 Å². The van der Waals surface area contributed by atoms with E-state index in [1.54, 1.807) is 0 Å². The molecule has 0 unspecified atom stereocenters. The SMILES string of the molecule is Cc1ccc(-c2ccc(C=C3C=C(c4ccncc4)C=CN3)c[n+]2C)[n+](C)c1. The molecule has 4 heterocycles. The van der Waals surface area contributed by atoms with Crippen molar-refractivity contribution in [2.75, 3.05) is 0 Å². The minimum atomic E-state index is 1.06. The Morgan fingerprint density at radius 3 is 2.32 bits per heavy atom. The zero-order valence-corrected chi connectivity index (χ0v) is 16.4. The first-order chi connectivity index (χ1) is 13.6. The number of rotatable bonds is 3. The van der Waals surface area contributed by atoms with Crippen molar-refractivity contribution in [1.29, 1.82) is 0 Å². The molecule has 0 radical (unpaired) electrons. The maximum atomic E-state index is 4.09. The Balaban J connectivity index is 1.64. The first kappa shape index (κ1) is 17.9. The van der Waals surface area contributed by atoms with Crippen LogP contribution in [0.5, 0.6) is 0 Å². The molecule has 3 aromatic heterocycles. The fourth-order valence-electron chi connectivity index (χ4n) is 3.46. The summed E-state index contributed by atoms with van der Waals surface area (Å²) >= 11 is 0. The van der Waals surface area contributed by atoms with Crippen molar-refractivity contribution in [2.24, 2.45) is 14.1 Å². The maximum absolute atomic E-state index is 4.09. The number of allylic oxidation sites excluding steroid dienone is 3. The Labute approximate surface area is 165 Å². The molecular weight excluding hydrogens is 344 g/mol. The van der Waals surface area contributed by atoms with Crippen LogP contribution in [0, 0.1) is 6.92 Å². The summed E-state index contributed by atoms with van der Waals surface area (Å²) in [6.07, 6.45) is 16.3. The van der Waals surface area contributed by atoms with E-state index in [1.165, 1.54) is 22.5 Å². The Hall–Kier alpha value is -3.53. The van der Waals surface area contributed by atoms with Gasteiger partial charge in [-0.25, -0.2) is 0 Å². The fourth-order valence-corrected chi connectivity index (χ4v) is 3.46. The topological polar surface area (TPSA) is 32.7 Å². The predicted molar refractivity (Wildman–Crippen MR) is 111 cm³/mol. The van der Waals surface area contributed by atoms with E-state index in [2.05, 4.69) is 95.3 Å². The lowest BCUT2D eigenvalue weighted by Crippen LogP contribution is -2.38. The van der Waals surface area contributed by atoms with E-state index >= 15 is 0 Å². The summed E-state index contributed by atoms with van der Waals surface area (Å²) in [5.74, 6) is 0. The lowest BCUT2D eigenvalue weighted by atomic mass is 10.0. The third-order valence-electron chi connectivity index (χ3n) is 4.86. The molecule has 4 nitrogen and oxygen atoms in total. The van der Waals surface area contributed by atoms with E-state index < -0.39 is 0 Å². The van der Waals surface area contributed by atoms with Crippen LogP contribution < -0.4 is 14.5 Å². The van der Waals surface area contributed by atoms with Crippen molar-refractivity contribution in [2.45, 2.75) is 6.92 Å². The molecule has 28 heavy (non-hydrogen) atoms. The zero-order valence-electron chi connectivity index (χ0n) is 16.4. The second-order valence-electron chi connectivity index (χ2n) is 7.07. The average molecular weight is 368 g/mol. The summed E-state index contributed by atoms with van der Waals surface area (Å²) in [7, 11) is 4.17. The van der Waals surface area contributed by atoms with Crippen LogP contribution >= 0.6 is 0 Å². The number of dihydropyridines is 1. The Morgan fingerprint density at radius 1 is 0.893 bits per heavy atom. The van der Waals surface area contributed by atoms with Gasteiger partial charge in [-0.15, -0.1) is 0 Å². The molecule has 4 rings (SSSR count). The number of hydrogen-bond donors (Lipinski definition) is 1. The van der Waals surface area contributed by atoms with Crippen LogP contribution in [0.15, 0.2) is 85.2 Å². The zero-order chi connectivity index (χ0) is 19.5. The number of nitrogens with one attached hydrogen (secondary N) is 1. The van der Waals surface area contributed by atoms with E-state index in [-0.39, 0.29) is 0 Å². The molecule has 3 aromatic rings. The predicted octanol–water partition coefficient (Wildman–Crippen LogP) is 3.25. The van der Waals surface area contributed by atoms with E-state index in [1.807, 2.05) is 30.7 Å². The molecule has 0 saturated carbocycles. The van der Waals surface area contributed by atoms with Gasteiger partial charge in [0.05, 0.1) is 0 Å². The van der Waals surface area contributed by atoms with Gasteiger partial charge in [0.15, 0.2) is 12.4 Å². The first-order valence-corrected chi connectivity index (χ1v) is 9.33. The third-order valence-corrected chi connectivity index (χ3v) is 4.86. The van der Waals surface area contributed by atoms with Crippen LogP contribution in [0.25, 0.3) is 23.0 Å².